The molecule has 0 aliphatic carbocycles. The van der Waals surface area contributed by atoms with Crippen LogP contribution >= 0.6 is 0 Å². The first-order valence-corrected chi connectivity index (χ1v) is 11.3. The van der Waals surface area contributed by atoms with E-state index in [4.69, 9.17) is 28.1 Å². The summed E-state index contributed by atoms with van der Waals surface area (Å²) in [7, 11) is 1.55. The number of furan rings is 1. The molecule has 4 heterocycles. The van der Waals surface area contributed by atoms with Gasteiger partial charge in [0.2, 0.25) is 11.8 Å². The molecule has 1 unspecified atom stereocenters. The Bertz CT molecular complexity index is 1040. The van der Waals surface area contributed by atoms with Crippen molar-refractivity contribution in [3.63, 3.8) is 0 Å². The van der Waals surface area contributed by atoms with Gasteiger partial charge in [0.25, 0.3) is 0 Å². The van der Waals surface area contributed by atoms with E-state index in [1.165, 1.54) is 11.2 Å². The number of rotatable bonds is 6. The SMILES string of the molecule is CCOc1ccc(N2C(=O)CC([C@H]3O[C@@H]4OC(C)(C)O[C@@H]4[C@H]3OC)N(c3ccco3)C2=O)cc1. The maximum Gasteiger partial charge on any atom is 0.338 e. The first kappa shape index (κ1) is 22.9. The molecule has 0 saturated carbocycles. The zero-order chi connectivity index (χ0) is 24.0. The summed E-state index contributed by atoms with van der Waals surface area (Å²) < 4.78 is 34.8. The van der Waals surface area contributed by atoms with E-state index >= 15 is 0 Å². The summed E-state index contributed by atoms with van der Waals surface area (Å²) in [5, 5.41) is 0. The topological polar surface area (TPSA) is 99.9 Å². The number of carbonyl (C=O) groups excluding carboxylic acids is 2. The molecule has 10 heteroatoms. The number of carbonyl (C=O) groups is 2. The van der Waals surface area contributed by atoms with Crippen molar-refractivity contribution in [3.8, 4) is 5.75 Å². The van der Waals surface area contributed by atoms with Crippen LogP contribution in [0.5, 0.6) is 5.75 Å². The lowest BCUT2D eigenvalue weighted by atomic mass is 9.96. The molecule has 0 N–H and O–H groups in total. The lowest BCUT2D eigenvalue weighted by Gasteiger charge is -2.42. The lowest BCUT2D eigenvalue weighted by molar-refractivity contribution is -0.219. The number of hydrogen-bond acceptors (Lipinski definition) is 8. The van der Waals surface area contributed by atoms with Crippen molar-refractivity contribution >= 4 is 23.5 Å². The fraction of sp³-hybridized carbons (Fsp3) is 0.500. The minimum atomic E-state index is -0.819. The number of anilines is 2. The van der Waals surface area contributed by atoms with Gasteiger partial charge in [0, 0.05) is 13.2 Å². The van der Waals surface area contributed by atoms with Crippen LogP contribution in [-0.4, -0.2) is 62.1 Å². The Labute approximate surface area is 197 Å². The first-order valence-electron chi connectivity index (χ1n) is 11.3. The normalized spacial score (nSPS) is 30.6. The third kappa shape index (κ3) is 3.86. The Morgan fingerprint density at radius 2 is 1.85 bits per heavy atom. The molecule has 1 aromatic heterocycles. The molecular formula is C24H28N2O8. The Kier molecular flexibility index (Phi) is 5.85. The predicted octanol–water partition coefficient (Wildman–Crippen LogP) is 3.30. The van der Waals surface area contributed by atoms with Crippen molar-refractivity contribution in [1.29, 1.82) is 0 Å². The van der Waals surface area contributed by atoms with Crippen molar-refractivity contribution in [2.75, 3.05) is 23.5 Å². The zero-order valence-electron chi connectivity index (χ0n) is 19.5. The van der Waals surface area contributed by atoms with Gasteiger partial charge in [-0.15, -0.1) is 0 Å². The molecule has 34 heavy (non-hydrogen) atoms. The number of urea groups is 1. The first-order chi connectivity index (χ1) is 16.3. The van der Waals surface area contributed by atoms with Crippen molar-refractivity contribution in [2.45, 2.75) is 63.6 Å². The highest BCUT2D eigenvalue weighted by Crippen LogP contribution is 2.42. The fourth-order valence-corrected chi connectivity index (χ4v) is 4.84. The van der Waals surface area contributed by atoms with Gasteiger partial charge < -0.3 is 28.1 Å². The van der Waals surface area contributed by atoms with Crippen molar-refractivity contribution in [2.24, 2.45) is 0 Å². The van der Waals surface area contributed by atoms with Crippen LogP contribution in [-0.2, 0) is 23.7 Å². The van der Waals surface area contributed by atoms with E-state index in [-0.39, 0.29) is 12.3 Å². The average molecular weight is 472 g/mol. The molecule has 3 fully saturated rings. The largest absolute Gasteiger partial charge is 0.494 e. The number of hydrogen-bond donors (Lipinski definition) is 0. The van der Waals surface area contributed by atoms with Gasteiger partial charge in [0.15, 0.2) is 12.1 Å². The zero-order valence-corrected chi connectivity index (χ0v) is 19.5. The summed E-state index contributed by atoms with van der Waals surface area (Å²) in [4.78, 5) is 29.6. The molecule has 5 atom stereocenters. The quantitative estimate of drug-likeness (QED) is 0.632. The Balaban J connectivity index is 1.46. The number of methoxy groups -OCH3 is 1. The summed E-state index contributed by atoms with van der Waals surface area (Å²) in [6.07, 6.45) is -0.907. The summed E-state index contributed by atoms with van der Waals surface area (Å²) in [6.45, 7) is 6.00. The second-order valence-corrected chi connectivity index (χ2v) is 8.80. The van der Waals surface area contributed by atoms with Crippen LogP contribution in [0.4, 0.5) is 16.4 Å². The standard InChI is InChI=1S/C24H28N2O8/c1-5-30-15-10-8-14(9-11-15)25-17(27)13-16(26(23(25)28)18-7-6-12-31-18)19-20(29-4)21-22(32-19)34-24(2,3)33-21/h6-12,16,19-22H,5,13H2,1-4H3/t16?,19-,20+,21-,22-/m1/s1. The van der Waals surface area contributed by atoms with E-state index < -0.39 is 42.5 Å². The highest BCUT2D eigenvalue weighted by Gasteiger charge is 2.59. The molecule has 3 amide bonds. The highest BCUT2D eigenvalue weighted by molar-refractivity contribution is 6.21. The molecule has 0 spiro atoms. The third-order valence-electron chi connectivity index (χ3n) is 6.19. The number of nitrogens with zero attached hydrogens (tertiary/aromatic N) is 2. The Hall–Kier alpha value is -2.92. The predicted molar refractivity (Wildman–Crippen MR) is 120 cm³/mol. The van der Waals surface area contributed by atoms with Crippen LogP contribution in [0.1, 0.15) is 27.2 Å². The molecule has 5 rings (SSSR count). The number of imide groups is 1. The van der Waals surface area contributed by atoms with Crippen LogP contribution in [0.2, 0.25) is 0 Å². The molecule has 3 aliphatic rings. The summed E-state index contributed by atoms with van der Waals surface area (Å²) in [6, 6.07) is 8.94. The van der Waals surface area contributed by atoms with Gasteiger partial charge in [-0.2, -0.15) is 0 Å². The van der Waals surface area contributed by atoms with Crippen LogP contribution in [0, 0.1) is 0 Å². The molecule has 182 valence electrons. The third-order valence-corrected chi connectivity index (χ3v) is 6.19. The van der Waals surface area contributed by atoms with E-state index in [1.807, 2.05) is 6.92 Å². The maximum absolute atomic E-state index is 13.7. The summed E-state index contributed by atoms with van der Waals surface area (Å²) in [5.41, 5.74) is 0.439. The monoisotopic (exact) mass is 472 g/mol. The molecule has 0 radical (unpaired) electrons. The number of fused-ring (bicyclic) bond motifs is 1. The fourth-order valence-electron chi connectivity index (χ4n) is 4.84. The second-order valence-electron chi connectivity index (χ2n) is 8.80. The van der Waals surface area contributed by atoms with E-state index in [0.717, 1.165) is 4.90 Å². The molecule has 3 aliphatic heterocycles. The van der Waals surface area contributed by atoms with Gasteiger partial charge in [0.1, 0.15) is 24.1 Å². The van der Waals surface area contributed by atoms with Gasteiger partial charge in [-0.3, -0.25) is 9.69 Å². The molecule has 3 saturated heterocycles. The smallest absolute Gasteiger partial charge is 0.338 e. The van der Waals surface area contributed by atoms with Crippen LogP contribution in [0.3, 0.4) is 0 Å². The molecule has 10 nitrogen and oxygen atoms in total. The summed E-state index contributed by atoms with van der Waals surface area (Å²) in [5.74, 6) is -0.225. The van der Waals surface area contributed by atoms with Gasteiger partial charge in [0.05, 0.1) is 31.0 Å². The van der Waals surface area contributed by atoms with Crippen molar-refractivity contribution in [3.05, 3.63) is 42.7 Å². The minimum absolute atomic E-state index is 0.00693. The van der Waals surface area contributed by atoms with E-state index in [9.17, 15) is 9.59 Å². The van der Waals surface area contributed by atoms with Crippen LogP contribution in [0.15, 0.2) is 47.1 Å². The maximum atomic E-state index is 13.7. The minimum Gasteiger partial charge on any atom is -0.494 e. The van der Waals surface area contributed by atoms with E-state index in [2.05, 4.69) is 0 Å². The number of benzene rings is 1. The summed E-state index contributed by atoms with van der Waals surface area (Å²) >= 11 is 0. The molecule has 2 aromatic rings. The average Bonchev–Trinajstić information content (AvgIpc) is 3.49. The van der Waals surface area contributed by atoms with Gasteiger partial charge in [-0.05, 0) is 51.1 Å². The van der Waals surface area contributed by atoms with E-state index in [1.54, 1.807) is 57.4 Å². The Morgan fingerprint density at radius 1 is 1.09 bits per heavy atom. The second kappa shape index (κ2) is 8.70. The lowest BCUT2D eigenvalue weighted by Crippen LogP contribution is -2.63. The highest BCUT2D eigenvalue weighted by atomic mass is 16.8. The van der Waals surface area contributed by atoms with E-state index in [0.29, 0.717) is 23.9 Å². The Morgan fingerprint density at radius 3 is 2.50 bits per heavy atom. The van der Waals surface area contributed by atoms with Crippen LogP contribution in [0.25, 0.3) is 0 Å². The van der Waals surface area contributed by atoms with Gasteiger partial charge in [-0.1, -0.05) is 0 Å². The number of ether oxygens (including phenoxy) is 5. The van der Waals surface area contributed by atoms with Crippen molar-refractivity contribution < 1.29 is 37.7 Å². The molecular weight excluding hydrogens is 444 g/mol. The molecule has 1 aromatic carbocycles. The molecule has 0 bridgehead atoms. The van der Waals surface area contributed by atoms with Gasteiger partial charge in [-0.25, -0.2) is 9.69 Å². The number of amides is 3. The van der Waals surface area contributed by atoms with Crippen LogP contribution < -0.4 is 14.5 Å². The van der Waals surface area contributed by atoms with Gasteiger partial charge >= 0.3 is 6.03 Å². The van der Waals surface area contributed by atoms with Crippen molar-refractivity contribution in [1.82, 2.24) is 0 Å².